The molecule has 1 aromatic carbocycles. The molecule has 8 heteroatoms. The normalized spacial score (nSPS) is 10.6. The Hall–Kier alpha value is -2.79. The van der Waals surface area contributed by atoms with Crippen LogP contribution in [0.3, 0.4) is 0 Å². The topological polar surface area (TPSA) is 74.8 Å². The molecule has 1 unspecified atom stereocenters. The van der Waals surface area contributed by atoms with Crippen LogP contribution in [0.2, 0.25) is 0 Å². The van der Waals surface area contributed by atoms with Crippen LogP contribution in [0, 0.1) is 0 Å². The predicted molar refractivity (Wildman–Crippen MR) is 94.6 cm³/mol. The average Bonchev–Trinajstić information content (AvgIpc) is 2.93. The van der Waals surface area contributed by atoms with Crippen LogP contribution in [-0.2, 0) is 13.7 Å². The van der Waals surface area contributed by atoms with Gasteiger partial charge in [-0.2, -0.15) is 9.36 Å². The number of rotatable bonds is 5. The number of ether oxygens (including phenoxy) is 1. The van der Waals surface area contributed by atoms with Gasteiger partial charge in [-0.05, 0) is 33.4 Å². The number of hydrogen-bond donors (Lipinski definition) is 0. The lowest BCUT2D eigenvalue weighted by atomic mass is 10.1. The van der Waals surface area contributed by atoms with Crippen molar-refractivity contribution in [1.29, 1.82) is 0 Å². The van der Waals surface area contributed by atoms with Crippen molar-refractivity contribution in [2.45, 2.75) is 6.61 Å². The van der Waals surface area contributed by atoms with E-state index in [0.717, 1.165) is 16.4 Å². The molecule has 0 saturated carbocycles. The second kappa shape index (κ2) is 6.76. The first-order valence-corrected chi connectivity index (χ1v) is 7.76. The van der Waals surface area contributed by atoms with Crippen molar-refractivity contribution < 1.29 is 4.74 Å². The van der Waals surface area contributed by atoms with Crippen LogP contribution in [0.1, 0.15) is 11.1 Å². The van der Waals surface area contributed by atoms with E-state index in [1.165, 1.54) is 9.36 Å². The molecule has 0 amide bonds. The lowest BCUT2D eigenvalue weighted by Gasteiger charge is -2.12. The summed E-state index contributed by atoms with van der Waals surface area (Å²) in [7, 11) is 4.12. The molecule has 7 nitrogen and oxygen atoms in total. The molecular weight excluding hydrogens is 325 g/mol. The molecule has 0 aliphatic heterocycles. The predicted octanol–water partition coefficient (Wildman–Crippen LogP) is 1.08. The van der Waals surface area contributed by atoms with E-state index in [1.807, 2.05) is 18.2 Å². The molecule has 3 rings (SSSR count). The Morgan fingerprint density at radius 1 is 1.29 bits per heavy atom. The summed E-state index contributed by atoms with van der Waals surface area (Å²) in [5.74, 6) is 0.498. The Balaban J connectivity index is 1.99. The summed E-state index contributed by atoms with van der Waals surface area (Å²) in [6.45, 7) is 4.04. The second-order valence-corrected chi connectivity index (χ2v) is 5.73. The molecule has 3 aromatic rings. The fourth-order valence-corrected chi connectivity index (χ4v) is 2.40. The van der Waals surface area contributed by atoms with Crippen LogP contribution in [0.15, 0.2) is 47.9 Å². The Bertz CT molecular complexity index is 930. The van der Waals surface area contributed by atoms with Crippen molar-refractivity contribution in [1.82, 2.24) is 24.8 Å². The highest BCUT2D eigenvalue weighted by Crippen LogP contribution is 2.20. The van der Waals surface area contributed by atoms with Gasteiger partial charge in [0.15, 0.2) is 0 Å². The lowest BCUT2D eigenvalue weighted by molar-refractivity contribution is 0.293. The third-order valence-electron chi connectivity index (χ3n) is 3.48. The van der Waals surface area contributed by atoms with Gasteiger partial charge in [0.25, 0.3) is 0 Å². The molecule has 24 heavy (non-hydrogen) atoms. The highest BCUT2D eigenvalue weighted by molar-refractivity contribution is 7.27. The largest absolute Gasteiger partial charge is 0.473 e. The van der Waals surface area contributed by atoms with Crippen molar-refractivity contribution >= 4 is 20.6 Å². The van der Waals surface area contributed by atoms with Gasteiger partial charge in [-0.15, -0.1) is 9.24 Å². The van der Waals surface area contributed by atoms with E-state index in [-0.39, 0.29) is 12.3 Å². The minimum absolute atomic E-state index is 0.226. The van der Waals surface area contributed by atoms with Crippen molar-refractivity contribution in [2.24, 2.45) is 7.05 Å². The van der Waals surface area contributed by atoms with Crippen LogP contribution in [0.5, 0.6) is 5.88 Å². The highest BCUT2D eigenvalue weighted by atomic mass is 31.0. The molecular formula is C16H16N5O2P. The van der Waals surface area contributed by atoms with Crippen molar-refractivity contribution in [3.05, 3.63) is 64.7 Å². The van der Waals surface area contributed by atoms with Crippen LogP contribution in [0.25, 0.3) is 11.8 Å². The fourth-order valence-electron chi connectivity index (χ4n) is 2.23. The first-order chi connectivity index (χ1) is 11.6. The van der Waals surface area contributed by atoms with E-state index >= 15 is 0 Å². The van der Waals surface area contributed by atoms with Gasteiger partial charge in [-0.1, -0.05) is 24.8 Å². The maximum atomic E-state index is 12.2. The summed E-state index contributed by atoms with van der Waals surface area (Å²) in [6.07, 6.45) is 3.41. The summed E-state index contributed by atoms with van der Waals surface area (Å²) in [4.78, 5) is 16.4. The summed E-state index contributed by atoms with van der Waals surface area (Å²) >= 11 is 0. The SMILES string of the molecule is C=Cc1cccc(-n2nnn(C)c2=O)c1COc1ccc(P)cn1. The number of nitrogens with zero attached hydrogens (tertiary/aromatic N) is 5. The van der Waals surface area contributed by atoms with Gasteiger partial charge in [0, 0.05) is 24.9 Å². The fraction of sp³-hybridized carbons (Fsp3) is 0.125. The summed E-state index contributed by atoms with van der Waals surface area (Å²) < 4.78 is 8.17. The molecule has 2 aromatic heterocycles. The van der Waals surface area contributed by atoms with Gasteiger partial charge in [0.2, 0.25) is 5.88 Å². The number of benzene rings is 1. The molecule has 2 heterocycles. The van der Waals surface area contributed by atoms with E-state index in [0.29, 0.717) is 11.6 Å². The first kappa shape index (κ1) is 16.1. The summed E-state index contributed by atoms with van der Waals surface area (Å²) in [5.41, 5.74) is 1.91. The van der Waals surface area contributed by atoms with Crippen LogP contribution < -0.4 is 15.7 Å². The lowest BCUT2D eigenvalue weighted by Crippen LogP contribution is -2.23. The molecule has 0 aliphatic carbocycles. The number of hydrogen-bond acceptors (Lipinski definition) is 5. The van der Waals surface area contributed by atoms with Crippen LogP contribution >= 0.6 is 9.24 Å². The summed E-state index contributed by atoms with van der Waals surface area (Å²) in [6, 6.07) is 9.20. The van der Waals surface area contributed by atoms with Crippen LogP contribution in [-0.4, -0.2) is 24.8 Å². The average molecular weight is 341 g/mol. The van der Waals surface area contributed by atoms with Crippen molar-refractivity contribution in [2.75, 3.05) is 0 Å². The molecule has 0 bridgehead atoms. The highest BCUT2D eigenvalue weighted by Gasteiger charge is 2.14. The van der Waals surface area contributed by atoms with E-state index in [1.54, 1.807) is 31.5 Å². The smallest absolute Gasteiger partial charge is 0.368 e. The minimum atomic E-state index is -0.331. The maximum Gasteiger partial charge on any atom is 0.368 e. The quantitative estimate of drug-likeness (QED) is 0.649. The number of aromatic nitrogens is 5. The van der Waals surface area contributed by atoms with Crippen molar-refractivity contribution in [3.63, 3.8) is 0 Å². The molecule has 122 valence electrons. The van der Waals surface area contributed by atoms with E-state index in [2.05, 4.69) is 31.2 Å². The molecule has 1 atom stereocenters. The zero-order valence-corrected chi connectivity index (χ0v) is 14.2. The molecule has 0 fully saturated rings. The molecule has 0 spiro atoms. The van der Waals surface area contributed by atoms with Gasteiger partial charge >= 0.3 is 5.69 Å². The first-order valence-electron chi connectivity index (χ1n) is 7.18. The standard InChI is InChI=1S/C16H16N5O2P/c1-3-11-5-4-6-14(21-16(22)20(2)18-19-21)13(11)10-23-15-8-7-12(24)9-17-15/h3-9H,1,10,24H2,2H3. The van der Waals surface area contributed by atoms with E-state index < -0.39 is 0 Å². The van der Waals surface area contributed by atoms with Crippen LogP contribution in [0.4, 0.5) is 0 Å². The second-order valence-electron chi connectivity index (χ2n) is 5.06. The number of aryl methyl sites for hydroxylation is 1. The van der Waals surface area contributed by atoms with Gasteiger partial charge in [-0.25, -0.2) is 9.78 Å². The van der Waals surface area contributed by atoms with E-state index in [4.69, 9.17) is 4.74 Å². The molecule has 0 radical (unpaired) electrons. The zero-order valence-electron chi connectivity index (χ0n) is 13.1. The monoisotopic (exact) mass is 341 g/mol. The van der Waals surface area contributed by atoms with Crippen molar-refractivity contribution in [3.8, 4) is 11.6 Å². The molecule has 0 saturated heterocycles. The Labute approximate surface area is 140 Å². The zero-order chi connectivity index (χ0) is 17.1. The van der Waals surface area contributed by atoms with Gasteiger partial charge in [0.05, 0.1) is 5.69 Å². The van der Waals surface area contributed by atoms with Gasteiger partial charge in [-0.3, -0.25) is 0 Å². The van der Waals surface area contributed by atoms with Gasteiger partial charge in [0.1, 0.15) is 6.61 Å². The Morgan fingerprint density at radius 2 is 2.12 bits per heavy atom. The Morgan fingerprint density at radius 3 is 2.75 bits per heavy atom. The van der Waals surface area contributed by atoms with E-state index in [9.17, 15) is 4.79 Å². The third-order valence-corrected chi connectivity index (χ3v) is 3.82. The number of tetrazole rings is 1. The number of pyridine rings is 1. The maximum absolute atomic E-state index is 12.2. The Kier molecular flexibility index (Phi) is 4.53. The minimum Gasteiger partial charge on any atom is -0.473 e. The molecule has 0 aliphatic rings. The third kappa shape index (κ3) is 3.12. The molecule has 0 N–H and O–H groups in total. The van der Waals surface area contributed by atoms with Gasteiger partial charge < -0.3 is 4.74 Å². The summed E-state index contributed by atoms with van der Waals surface area (Å²) in [5, 5.41) is 8.62.